The van der Waals surface area contributed by atoms with E-state index in [1.165, 1.54) is 43.2 Å². The number of halogens is 1. The highest BCUT2D eigenvalue weighted by molar-refractivity contribution is 5.71. The highest BCUT2D eigenvalue weighted by Crippen LogP contribution is 2.37. The molecule has 0 spiro atoms. The first kappa shape index (κ1) is 19.9. The quantitative estimate of drug-likeness (QED) is 0.413. The summed E-state index contributed by atoms with van der Waals surface area (Å²) in [5.41, 5.74) is 6.34. The van der Waals surface area contributed by atoms with Crippen LogP contribution in [0, 0.1) is 11.7 Å². The van der Waals surface area contributed by atoms with E-state index >= 15 is 0 Å². The summed E-state index contributed by atoms with van der Waals surface area (Å²) < 4.78 is 14.8. The molecule has 1 aliphatic rings. The second-order valence-corrected chi connectivity index (χ2v) is 8.49. The molecule has 29 heavy (non-hydrogen) atoms. The van der Waals surface area contributed by atoms with Crippen molar-refractivity contribution < 1.29 is 4.39 Å². The van der Waals surface area contributed by atoms with Crippen LogP contribution in [-0.4, -0.2) is 0 Å². The van der Waals surface area contributed by atoms with Crippen LogP contribution in [-0.2, 0) is 6.42 Å². The summed E-state index contributed by atoms with van der Waals surface area (Å²) in [4.78, 5) is 0. The Kier molecular flexibility index (Phi) is 6.13. The fourth-order valence-corrected chi connectivity index (χ4v) is 4.70. The lowest BCUT2D eigenvalue weighted by atomic mass is 9.77. The van der Waals surface area contributed by atoms with E-state index < -0.39 is 0 Å². The second-order valence-electron chi connectivity index (χ2n) is 8.49. The van der Waals surface area contributed by atoms with Gasteiger partial charge in [-0.25, -0.2) is 4.39 Å². The van der Waals surface area contributed by atoms with Gasteiger partial charge in [0.1, 0.15) is 5.82 Å². The minimum absolute atomic E-state index is 0.159. The van der Waals surface area contributed by atoms with Crippen LogP contribution in [0.25, 0.3) is 22.3 Å². The molecule has 1 aliphatic carbocycles. The van der Waals surface area contributed by atoms with Crippen molar-refractivity contribution >= 4 is 0 Å². The summed E-state index contributed by atoms with van der Waals surface area (Å²) >= 11 is 0. The van der Waals surface area contributed by atoms with Crippen molar-refractivity contribution in [1.29, 1.82) is 0 Å². The molecule has 0 unspecified atom stereocenters. The van der Waals surface area contributed by atoms with Crippen molar-refractivity contribution in [1.82, 2.24) is 0 Å². The Morgan fingerprint density at radius 3 is 1.93 bits per heavy atom. The zero-order chi connectivity index (χ0) is 20.2. The van der Waals surface area contributed by atoms with E-state index in [4.69, 9.17) is 0 Å². The highest BCUT2D eigenvalue weighted by atomic mass is 19.1. The van der Waals surface area contributed by atoms with E-state index in [2.05, 4.69) is 50.2 Å². The van der Waals surface area contributed by atoms with Gasteiger partial charge >= 0.3 is 0 Å². The third-order valence-corrected chi connectivity index (χ3v) is 6.78. The van der Waals surface area contributed by atoms with Crippen molar-refractivity contribution in [3.05, 3.63) is 83.7 Å². The van der Waals surface area contributed by atoms with Gasteiger partial charge < -0.3 is 0 Å². The highest BCUT2D eigenvalue weighted by Gasteiger charge is 2.21. The van der Waals surface area contributed by atoms with E-state index in [0.29, 0.717) is 11.5 Å². The van der Waals surface area contributed by atoms with Crippen molar-refractivity contribution in [3.8, 4) is 22.3 Å². The van der Waals surface area contributed by atoms with Crippen LogP contribution in [0.1, 0.15) is 63.0 Å². The first-order chi connectivity index (χ1) is 14.2. The summed E-state index contributed by atoms with van der Waals surface area (Å²) in [5.74, 6) is 1.45. The van der Waals surface area contributed by atoms with Crippen molar-refractivity contribution in [2.45, 2.75) is 58.3 Å². The number of hydrogen-bond acceptors (Lipinski definition) is 0. The maximum atomic E-state index is 14.8. The second kappa shape index (κ2) is 8.95. The van der Waals surface area contributed by atoms with Crippen molar-refractivity contribution in [2.24, 2.45) is 5.92 Å². The predicted octanol–water partition coefficient (Wildman–Crippen LogP) is 8.41. The molecule has 0 N–H and O–H groups in total. The maximum absolute atomic E-state index is 14.8. The Hall–Kier alpha value is -2.41. The molecule has 4 rings (SSSR count). The molecule has 0 aromatic heterocycles. The molecule has 3 aromatic rings. The van der Waals surface area contributed by atoms with Gasteiger partial charge in [-0.15, -0.1) is 0 Å². The monoisotopic (exact) mass is 386 g/mol. The molecular formula is C28H31F. The number of aryl methyl sites for hydroxylation is 1. The molecule has 0 atom stereocenters. The Morgan fingerprint density at radius 1 is 0.724 bits per heavy atom. The predicted molar refractivity (Wildman–Crippen MR) is 122 cm³/mol. The maximum Gasteiger partial charge on any atom is 0.131 e. The van der Waals surface area contributed by atoms with Gasteiger partial charge in [-0.3, -0.25) is 0 Å². The zero-order valence-electron chi connectivity index (χ0n) is 17.6. The largest absolute Gasteiger partial charge is 0.206 e. The molecule has 1 saturated carbocycles. The van der Waals surface area contributed by atoms with Gasteiger partial charge in [-0.05, 0) is 77.8 Å². The van der Waals surface area contributed by atoms with Crippen LogP contribution in [0.2, 0.25) is 0 Å². The molecule has 150 valence electrons. The Bertz CT molecular complexity index is 929. The van der Waals surface area contributed by atoms with Crippen LogP contribution in [0.15, 0.2) is 66.7 Å². The molecule has 1 fully saturated rings. The average molecular weight is 387 g/mol. The minimum atomic E-state index is -0.159. The average Bonchev–Trinajstić information content (AvgIpc) is 2.79. The van der Waals surface area contributed by atoms with E-state index in [9.17, 15) is 4.39 Å². The third kappa shape index (κ3) is 4.45. The molecule has 0 aliphatic heterocycles. The fourth-order valence-electron chi connectivity index (χ4n) is 4.70. The third-order valence-electron chi connectivity index (χ3n) is 6.78. The lowest BCUT2D eigenvalue weighted by molar-refractivity contribution is 0.319. The Balaban J connectivity index is 1.50. The molecule has 0 saturated heterocycles. The SMILES string of the molecule is CCc1ccc(-c2ccc(-c3ccc(C4CCC(CC)CC4)cc3)cc2F)cc1. The Labute approximate surface area is 174 Å². The lowest BCUT2D eigenvalue weighted by Gasteiger charge is -2.28. The molecule has 0 amide bonds. The first-order valence-corrected chi connectivity index (χ1v) is 11.2. The molecule has 1 heteroatoms. The van der Waals surface area contributed by atoms with Crippen LogP contribution in [0.5, 0.6) is 0 Å². The van der Waals surface area contributed by atoms with Crippen molar-refractivity contribution in [2.75, 3.05) is 0 Å². The van der Waals surface area contributed by atoms with Crippen LogP contribution < -0.4 is 0 Å². The number of rotatable bonds is 5. The minimum Gasteiger partial charge on any atom is -0.206 e. The summed E-state index contributed by atoms with van der Waals surface area (Å²) in [5, 5.41) is 0. The van der Waals surface area contributed by atoms with Gasteiger partial charge in [0, 0.05) is 5.56 Å². The topological polar surface area (TPSA) is 0 Å². The number of hydrogen-bond donors (Lipinski definition) is 0. The molecule has 0 bridgehead atoms. The Morgan fingerprint density at radius 2 is 1.34 bits per heavy atom. The lowest BCUT2D eigenvalue weighted by Crippen LogP contribution is -2.12. The normalized spacial score (nSPS) is 19.3. The van der Waals surface area contributed by atoms with Gasteiger partial charge in [-0.1, -0.05) is 80.9 Å². The van der Waals surface area contributed by atoms with Crippen molar-refractivity contribution in [3.63, 3.8) is 0 Å². The summed E-state index contributed by atoms with van der Waals surface area (Å²) in [6, 6.07) is 22.6. The van der Waals surface area contributed by atoms with Gasteiger partial charge in [0.15, 0.2) is 0 Å². The van der Waals surface area contributed by atoms with Crippen LogP contribution >= 0.6 is 0 Å². The summed E-state index contributed by atoms with van der Waals surface area (Å²) in [6.07, 6.45) is 7.63. The fraction of sp³-hybridized carbons (Fsp3) is 0.357. The molecular weight excluding hydrogens is 355 g/mol. The van der Waals surface area contributed by atoms with Gasteiger partial charge in [-0.2, -0.15) is 0 Å². The van der Waals surface area contributed by atoms with E-state index in [-0.39, 0.29) is 5.82 Å². The van der Waals surface area contributed by atoms with Gasteiger partial charge in [0.2, 0.25) is 0 Å². The number of benzene rings is 3. The zero-order valence-corrected chi connectivity index (χ0v) is 17.6. The van der Waals surface area contributed by atoms with Gasteiger partial charge in [0.05, 0.1) is 0 Å². The van der Waals surface area contributed by atoms with E-state index in [1.807, 2.05) is 24.3 Å². The van der Waals surface area contributed by atoms with E-state index in [1.54, 1.807) is 6.07 Å². The summed E-state index contributed by atoms with van der Waals surface area (Å²) in [6.45, 7) is 4.44. The smallest absolute Gasteiger partial charge is 0.131 e. The molecule has 0 nitrogen and oxygen atoms in total. The standard InChI is InChI=1S/C28H31F/c1-3-20-5-9-22(10-6-20)23-13-15-24(16-14-23)26-17-18-27(28(29)19-26)25-11-7-21(4-2)8-12-25/h7-8,11-20,22H,3-6,9-10H2,1-2H3. The van der Waals surface area contributed by atoms with E-state index in [0.717, 1.165) is 29.0 Å². The van der Waals surface area contributed by atoms with Gasteiger partial charge in [0.25, 0.3) is 0 Å². The molecule has 0 radical (unpaired) electrons. The molecule has 0 heterocycles. The van der Waals surface area contributed by atoms with Crippen LogP contribution in [0.3, 0.4) is 0 Å². The molecule has 3 aromatic carbocycles. The first-order valence-electron chi connectivity index (χ1n) is 11.2. The summed E-state index contributed by atoms with van der Waals surface area (Å²) in [7, 11) is 0. The van der Waals surface area contributed by atoms with Crippen LogP contribution in [0.4, 0.5) is 4.39 Å².